The highest BCUT2D eigenvalue weighted by molar-refractivity contribution is 6.22. The number of piperidine rings is 1. The summed E-state index contributed by atoms with van der Waals surface area (Å²) in [7, 11) is 7.24. The maximum Gasteiger partial charge on any atom is 0.340 e. The number of amides is 2. The third-order valence-corrected chi connectivity index (χ3v) is 15.1. The third kappa shape index (κ3) is 3.64. The summed E-state index contributed by atoms with van der Waals surface area (Å²) in [6.45, 7) is 5.73. The zero-order valence-electron chi connectivity index (χ0n) is 29.9. The molecular formula is C38H50N2O10. The predicted molar refractivity (Wildman–Crippen MR) is 177 cm³/mol. The Morgan fingerprint density at radius 2 is 1.84 bits per heavy atom. The topological polar surface area (TPSA) is 122 Å². The van der Waals surface area contributed by atoms with Gasteiger partial charge in [0.2, 0.25) is 11.8 Å². The first-order valence-corrected chi connectivity index (χ1v) is 18.4. The Bertz CT molecular complexity index is 1610. The van der Waals surface area contributed by atoms with E-state index in [1.165, 1.54) is 0 Å². The van der Waals surface area contributed by atoms with Crippen molar-refractivity contribution in [2.45, 2.75) is 87.6 Å². The first-order valence-electron chi connectivity index (χ1n) is 18.4. The van der Waals surface area contributed by atoms with Crippen LogP contribution in [-0.2, 0) is 42.7 Å². The number of rotatable bonds is 9. The molecular weight excluding hydrogens is 644 g/mol. The number of imide groups is 1. The largest absolute Gasteiger partial charge is 0.461 e. The Morgan fingerprint density at radius 3 is 2.52 bits per heavy atom. The molecule has 9 unspecified atom stereocenters. The zero-order valence-corrected chi connectivity index (χ0v) is 29.9. The molecule has 5 saturated carbocycles. The fourth-order valence-electron chi connectivity index (χ4n) is 13.9. The number of likely N-dealkylation sites (N-methyl/N-ethyl adjacent to an activating group) is 1. The van der Waals surface area contributed by atoms with Gasteiger partial charge in [-0.05, 0) is 43.9 Å². The quantitative estimate of drug-likeness (QED) is 0.280. The van der Waals surface area contributed by atoms with Crippen molar-refractivity contribution in [3.63, 3.8) is 0 Å². The number of hydrogen-bond acceptors (Lipinski definition) is 11. The molecule has 0 N–H and O–H groups in total. The van der Waals surface area contributed by atoms with Gasteiger partial charge in [-0.1, -0.05) is 26.0 Å². The summed E-state index contributed by atoms with van der Waals surface area (Å²) in [6.07, 6.45) is 2.77. The van der Waals surface area contributed by atoms with Gasteiger partial charge in [-0.3, -0.25) is 14.5 Å². The molecule has 8 fully saturated rings. The number of esters is 1. The number of methoxy groups -OCH3 is 4. The first-order chi connectivity index (χ1) is 24.1. The molecule has 3 aliphatic heterocycles. The second-order valence-electron chi connectivity index (χ2n) is 16.3. The Morgan fingerprint density at radius 1 is 1.04 bits per heavy atom. The molecule has 2 amide bonds. The fraction of sp³-hybridized carbons (Fsp3) is 0.763. The van der Waals surface area contributed by atoms with Gasteiger partial charge in [-0.2, -0.15) is 0 Å². The molecule has 12 nitrogen and oxygen atoms in total. The number of benzene rings is 1. The summed E-state index contributed by atoms with van der Waals surface area (Å²) in [4.78, 5) is 43.8. The smallest absolute Gasteiger partial charge is 0.340 e. The van der Waals surface area contributed by atoms with Crippen LogP contribution in [0.4, 0.5) is 5.69 Å². The van der Waals surface area contributed by atoms with E-state index in [4.69, 9.17) is 33.2 Å². The number of carbonyl (C=O) groups is 3. The van der Waals surface area contributed by atoms with Gasteiger partial charge in [-0.25, -0.2) is 9.69 Å². The van der Waals surface area contributed by atoms with Crippen molar-refractivity contribution in [3.8, 4) is 0 Å². The zero-order chi connectivity index (χ0) is 35.0. The van der Waals surface area contributed by atoms with Crippen LogP contribution in [-0.4, -0.2) is 119 Å². The summed E-state index contributed by atoms with van der Waals surface area (Å²) in [5.41, 5.74) is -1.91. The van der Waals surface area contributed by atoms with Crippen molar-refractivity contribution < 1.29 is 47.5 Å². The van der Waals surface area contributed by atoms with Crippen LogP contribution in [0.3, 0.4) is 0 Å². The standard InChI is InChI=1S/C38H50N2O10/c1-7-39-17-35(18-48-33(43)21-10-8-9-11-24(21)40-27(41)14-20(2)32(40)42)13-12-26(45-4)37-23-15-22-25(44-3)16-36(28(23)29(22)46-5)38(34(37)39,50-19-49-36)31(47-6)30(35)37/h8-11,20,22-23,25-26,28-31,34H,7,12-19H2,1-6H3/t20-,22?,23?,25-,26+,28?,29-,30?,31+,34?,35?,36?,37?,38?/m0/s1. The van der Waals surface area contributed by atoms with Gasteiger partial charge in [-0.15, -0.1) is 0 Å². The van der Waals surface area contributed by atoms with E-state index >= 15 is 0 Å². The molecule has 12 heteroatoms. The molecule has 3 spiro atoms. The number of carbonyl (C=O) groups excluding carboxylic acids is 3. The SMILES string of the molecule is CCN1CC2(COC(=O)c3ccccc3N3C(=O)C[C@H](C)C3=O)CC[C@@H](OC)C34C5CC6[C@H](OC)C5C5(C[C@@H]6OC)OCOC5(C13)[C@H](OC)C24. The van der Waals surface area contributed by atoms with Gasteiger partial charge in [0.05, 0.1) is 48.3 Å². The van der Waals surface area contributed by atoms with E-state index in [-0.39, 0.29) is 97.0 Å². The monoisotopic (exact) mass is 694 g/mol. The number of ether oxygens (including phenoxy) is 7. The Balaban J connectivity index is 1.16. The molecule has 0 radical (unpaired) electrons. The second kappa shape index (κ2) is 11.3. The highest BCUT2D eigenvalue weighted by atomic mass is 16.7. The van der Waals surface area contributed by atoms with Crippen molar-refractivity contribution in [1.82, 2.24) is 4.90 Å². The Labute approximate surface area is 293 Å². The van der Waals surface area contributed by atoms with Crippen LogP contribution in [0.1, 0.15) is 56.3 Å². The number of fused-ring (bicyclic) bond motifs is 1. The lowest BCUT2D eigenvalue weighted by molar-refractivity contribution is -0.286. The molecule has 8 aliphatic rings. The van der Waals surface area contributed by atoms with Crippen molar-refractivity contribution in [1.29, 1.82) is 0 Å². The average molecular weight is 695 g/mol. The van der Waals surface area contributed by atoms with Crippen LogP contribution in [0.5, 0.6) is 0 Å². The first kappa shape index (κ1) is 33.4. The number of hydrogen-bond donors (Lipinski definition) is 0. The molecule has 14 atom stereocenters. The Kier molecular flexibility index (Phi) is 7.53. The third-order valence-electron chi connectivity index (χ3n) is 15.1. The van der Waals surface area contributed by atoms with Crippen LogP contribution in [0.25, 0.3) is 0 Å². The van der Waals surface area contributed by atoms with Crippen molar-refractivity contribution in [2.24, 2.45) is 40.4 Å². The van der Waals surface area contributed by atoms with E-state index in [1.807, 2.05) is 14.2 Å². The number of likely N-dealkylation sites (tertiary alicyclic amines) is 1. The molecule has 3 heterocycles. The van der Waals surface area contributed by atoms with Crippen molar-refractivity contribution >= 4 is 23.5 Å². The highest BCUT2D eigenvalue weighted by Gasteiger charge is 2.94. The van der Waals surface area contributed by atoms with Crippen molar-refractivity contribution in [2.75, 3.05) is 59.8 Å². The van der Waals surface area contributed by atoms with Crippen LogP contribution < -0.4 is 4.90 Å². The molecule has 50 heavy (non-hydrogen) atoms. The van der Waals surface area contributed by atoms with E-state index in [2.05, 4.69) is 11.8 Å². The molecule has 9 rings (SSSR count). The van der Waals surface area contributed by atoms with E-state index in [1.54, 1.807) is 45.4 Å². The second-order valence-corrected chi connectivity index (χ2v) is 16.3. The van der Waals surface area contributed by atoms with E-state index < -0.39 is 33.9 Å². The van der Waals surface area contributed by atoms with E-state index in [9.17, 15) is 14.4 Å². The lowest BCUT2D eigenvalue weighted by Gasteiger charge is -2.70. The molecule has 3 saturated heterocycles. The summed E-state index contributed by atoms with van der Waals surface area (Å²) < 4.78 is 46.5. The van der Waals surface area contributed by atoms with E-state index in [0.29, 0.717) is 13.0 Å². The minimum Gasteiger partial charge on any atom is -0.461 e. The maximum atomic E-state index is 14.2. The minimum atomic E-state index is -0.820. The van der Waals surface area contributed by atoms with Crippen molar-refractivity contribution in [3.05, 3.63) is 29.8 Å². The minimum absolute atomic E-state index is 0.0457. The number of nitrogens with zero attached hydrogens (tertiary/aromatic N) is 2. The van der Waals surface area contributed by atoms with Gasteiger partial charge in [0.25, 0.3) is 0 Å². The molecule has 1 aromatic carbocycles. The molecule has 1 aromatic rings. The maximum absolute atomic E-state index is 14.2. The van der Waals surface area contributed by atoms with Gasteiger partial charge in [0.1, 0.15) is 18.0 Å². The van der Waals surface area contributed by atoms with Gasteiger partial charge < -0.3 is 33.2 Å². The normalized spacial score (nSPS) is 48.3. The lowest BCUT2D eigenvalue weighted by Crippen LogP contribution is -2.81. The van der Waals surface area contributed by atoms with Crippen LogP contribution >= 0.6 is 0 Å². The summed E-state index contributed by atoms with van der Waals surface area (Å²) in [6, 6.07) is 6.72. The summed E-state index contributed by atoms with van der Waals surface area (Å²) in [5, 5.41) is 0. The Hall–Kier alpha value is -2.45. The number of anilines is 1. The van der Waals surface area contributed by atoms with Gasteiger partial charge in [0, 0.05) is 82.3 Å². The van der Waals surface area contributed by atoms with Gasteiger partial charge >= 0.3 is 5.97 Å². The highest BCUT2D eigenvalue weighted by Crippen LogP contribution is 2.82. The molecule has 272 valence electrons. The molecule has 0 aromatic heterocycles. The molecule has 7 bridgehead atoms. The van der Waals surface area contributed by atoms with Crippen LogP contribution in [0.2, 0.25) is 0 Å². The van der Waals surface area contributed by atoms with E-state index in [0.717, 1.165) is 30.7 Å². The van der Waals surface area contributed by atoms with Crippen LogP contribution in [0, 0.1) is 40.4 Å². The van der Waals surface area contributed by atoms with Gasteiger partial charge in [0.15, 0.2) is 0 Å². The summed E-state index contributed by atoms with van der Waals surface area (Å²) >= 11 is 0. The average Bonchev–Trinajstić information content (AvgIpc) is 3.78. The summed E-state index contributed by atoms with van der Waals surface area (Å²) in [5.74, 6) is -1.22. The number of para-hydroxylation sites is 1. The lowest BCUT2D eigenvalue weighted by atomic mass is 9.42. The predicted octanol–water partition coefficient (Wildman–Crippen LogP) is 3.05. The van der Waals surface area contributed by atoms with Crippen LogP contribution in [0.15, 0.2) is 24.3 Å². The fourth-order valence-corrected chi connectivity index (χ4v) is 13.9. The molecule has 5 aliphatic carbocycles.